The van der Waals surface area contributed by atoms with Crippen LogP contribution in [0.1, 0.15) is 39.0 Å². The summed E-state index contributed by atoms with van der Waals surface area (Å²) in [5.41, 5.74) is 1.95. The molecule has 7 nitrogen and oxygen atoms in total. The molecule has 0 spiro atoms. The van der Waals surface area contributed by atoms with Gasteiger partial charge in [-0.1, -0.05) is 6.42 Å². The molecule has 0 aromatic carbocycles. The van der Waals surface area contributed by atoms with Gasteiger partial charge >= 0.3 is 0 Å². The molecule has 1 saturated heterocycles. The van der Waals surface area contributed by atoms with Crippen LogP contribution in [0.4, 0.5) is 0 Å². The van der Waals surface area contributed by atoms with Crippen molar-refractivity contribution in [1.29, 1.82) is 0 Å². The Kier molecular flexibility index (Phi) is 5.94. The van der Waals surface area contributed by atoms with E-state index in [4.69, 9.17) is 0 Å². The molecule has 1 aliphatic heterocycles. The van der Waals surface area contributed by atoms with Gasteiger partial charge in [0, 0.05) is 44.5 Å². The van der Waals surface area contributed by atoms with Crippen LogP contribution in [0.5, 0.6) is 0 Å². The summed E-state index contributed by atoms with van der Waals surface area (Å²) in [6.45, 7) is 5.48. The topological polar surface area (TPSA) is 71.6 Å². The number of hydrogen-bond acceptors (Lipinski definition) is 4. The Bertz CT molecular complexity index is 1050. The highest BCUT2D eigenvalue weighted by Gasteiger charge is 2.17. The van der Waals surface area contributed by atoms with Crippen molar-refractivity contribution in [3.63, 3.8) is 0 Å². The van der Waals surface area contributed by atoms with Gasteiger partial charge in [0.1, 0.15) is 5.52 Å². The van der Waals surface area contributed by atoms with Gasteiger partial charge in [0.05, 0.1) is 5.52 Å². The smallest absolute Gasteiger partial charge is 0.276 e. The average molecular weight is 396 g/mol. The van der Waals surface area contributed by atoms with E-state index in [1.54, 1.807) is 16.8 Å². The zero-order chi connectivity index (χ0) is 20.2. The lowest BCUT2D eigenvalue weighted by molar-refractivity contribution is -0.121. The quantitative estimate of drug-likeness (QED) is 0.624. The second kappa shape index (κ2) is 8.78. The van der Waals surface area contributed by atoms with Crippen LogP contribution in [-0.4, -0.2) is 50.4 Å². The van der Waals surface area contributed by atoms with Crippen molar-refractivity contribution in [2.45, 2.75) is 51.6 Å². The minimum atomic E-state index is -0.118. The number of amides is 1. The third kappa shape index (κ3) is 4.19. The van der Waals surface area contributed by atoms with Crippen LogP contribution in [0.3, 0.4) is 0 Å². The van der Waals surface area contributed by atoms with Gasteiger partial charge in [0.15, 0.2) is 5.65 Å². The molecule has 1 atom stereocenters. The van der Waals surface area contributed by atoms with Crippen LogP contribution < -0.4 is 10.9 Å². The predicted octanol–water partition coefficient (Wildman–Crippen LogP) is 2.42. The van der Waals surface area contributed by atoms with Gasteiger partial charge < -0.3 is 14.6 Å². The van der Waals surface area contributed by atoms with Gasteiger partial charge in [0.2, 0.25) is 5.91 Å². The number of aromatic nitrogens is 3. The van der Waals surface area contributed by atoms with Crippen molar-refractivity contribution in [3.8, 4) is 0 Å². The Hall–Kier alpha value is -2.67. The number of piperidine rings is 1. The molecule has 7 heteroatoms. The van der Waals surface area contributed by atoms with Crippen LogP contribution >= 0.6 is 0 Å². The van der Waals surface area contributed by atoms with Crippen LogP contribution in [-0.2, 0) is 11.3 Å². The maximum Gasteiger partial charge on any atom is 0.276 e. The predicted molar refractivity (Wildman–Crippen MR) is 114 cm³/mol. The van der Waals surface area contributed by atoms with Crippen LogP contribution in [0.25, 0.3) is 16.7 Å². The fraction of sp³-hybridized carbons (Fsp3) is 0.500. The van der Waals surface area contributed by atoms with E-state index in [1.807, 2.05) is 28.8 Å². The number of likely N-dealkylation sites (tertiary alicyclic amines) is 1. The largest absolute Gasteiger partial charge is 0.356 e. The Morgan fingerprint density at radius 3 is 2.93 bits per heavy atom. The zero-order valence-corrected chi connectivity index (χ0v) is 17.0. The number of fused-ring (bicyclic) bond motifs is 3. The molecule has 0 aliphatic carbocycles. The molecule has 3 aromatic rings. The van der Waals surface area contributed by atoms with Gasteiger partial charge in [-0.25, -0.2) is 4.98 Å². The summed E-state index contributed by atoms with van der Waals surface area (Å²) < 4.78 is 3.46. The molecule has 1 amide bonds. The fourth-order valence-electron chi connectivity index (χ4n) is 4.29. The van der Waals surface area contributed by atoms with E-state index in [9.17, 15) is 9.59 Å². The Morgan fingerprint density at radius 2 is 2.07 bits per heavy atom. The molecule has 4 heterocycles. The maximum atomic E-state index is 12.8. The standard InChI is InChI=1S/C22H29N5O2/c1-17-7-2-3-13-25(17)14-6-12-23-20(28)10-16-27-21-18(8-4-11-24-21)26-15-5-9-19(26)22(27)29/h4-5,8-9,11,15,17H,2-3,6-7,10,12-14,16H2,1H3,(H,23,28)/t17-/m1/s1. The van der Waals surface area contributed by atoms with Gasteiger partial charge in [-0.2, -0.15) is 0 Å². The van der Waals surface area contributed by atoms with E-state index < -0.39 is 0 Å². The molecular formula is C22H29N5O2. The van der Waals surface area contributed by atoms with Crippen molar-refractivity contribution >= 4 is 22.6 Å². The molecule has 0 bridgehead atoms. The third-order valence-corrected chi connectivity index (χ3v) is 5.94. The summed E-state index contributed by atoms with van der Waals surface area (Å²) in [5, 5.41) is 3.00. The number of pyridine rings is 1. The van der Waals surface area contributed by atoms with Crippen LogP contribution in [0, 0.1) is 0 Å². The first kappa shape index (κ1) is 19.6. The van der Waals surface area contributed by atoms with E-state index in [1.165, 1.54) is 25.8 Å². The summed E-state index contributed by atoms with van der Waals surface area (Å²) in [5.74, 6) is -0.0251. The van der Waals surface area contributed by atoms with Crippen LogP contribution in [0.15, 0.2) is 41.5 Å². The highest BCUT2D eigenvalue weighted by Crippen LogP contribution is 2.16. The minimum absolute atomic E-state index is 0.0251. The lowest BCUT2D eigenvalue weighted by Gasteiger charge is -2.33. The van der Waals surface area contributed by atoms with Gasteiger partial charge in [-0.3, -0.25) is 14.2 Å². The number of carbonyl (C=O) groups excluding carboxylic acids is 1. The van der Waals surface area contributed by atoms with Crippen molar-refractivity contribution in [3.05, 3.63) is 47.0 Å². The van der Waals surface area contributed by atoms with E-state index >= 15 is 0 Å². The van der Waals surface area contributed by atoms with Crippen molar-refractivity contribution < 1.29 is 4.79 Å². The van der Waals surface area contributed by atoms with E-state index in [0.29, 0.717) is 30.3 Å². The molecule has 0 radical (unpaired) electrons. The SMILES string of the molecule is C[C@@H]1CCCCN1CCCNC(=O)CCn1c(=O)c2cccn2c2cccnc21. The molecule has 1 fully saturated rings. The normalized spacial score (nSPS) is 17.8. The summed E-state index contributed by atoms with van der Waals surface area (Å²) in [6, 6.07) is 8.09. The number of hydrogen-bond donors (Lipinski definition) is 1. The van der Waals surface area contributed by atoms with Gasteiger partial charge in [-0.05, 0) is 57.0 Å². The molecule has 1 N–H and O–H groups in total. The summed E-state index contributed by atoms with van der Waals surface area (Å²) >= 11 is 0. The molecule has 3 aromatic heterocycles. The zero-order valence-electron chi connectivity index (χ0n) is 17.0. The Labute approximate surface area is 170 Å². The number of carbonyl (C=O) groups is 1. The monoisotopic (exact) mass is 395 g/mol. The Balaban J connectivity index is 1.35. The number of rotatable bonds is 7. The first-order valence-electron chi connectivity index (χ1n) is 10.6. The van der Waals surface area contributed by atoms with Crippen molar-refractivity contribution in [1.82, 2.24) is 24.2 Å². The number of aryl methyl sites for hydroxylation is 1. The second-order valence-electron chi connectivity index (χ2n) is 7.90. The highest BCUT2D eigenvalue weighted by molar-refractivity contribution is 5.77. The summed E-state index contributed by atoms with van der Waals surface area (Å²) in [4.78, 5) is 32.1. The van der Waals surface area contributed by atoms with Gasteiger partial charge in [-0.15, -0.1) is 0 Å². The maximum absolute atomic E-state index is 12.8. The first-order valence-corrected chi connectivity index (χ1v) is 10.6. The molecule has 29 heavy (non-hydrogen) atoms. The molecule has 4 rings (SSSR count). The first-order chi connectivity index (χ1) is 14.1. The highest BCUT2D eigenvalue weighted by atomic mass is 16.2. The molecule has 0 saturated carbocycles. The molecule has 0 unspecified atom stereocenters. The van der Waals surface area contributed by atoms with E-state index in [2.05, 4.69) is 22.1 Å². The van der Waals surface area contributed by atoms with E-state index in [0.717, 1.165) is 18.5 Å². The minimum Gasteiger partial charge on any atom is -0.356 e. The Morgan fingerprint density at radius 1 is 1.21 bits per heavy atom. The molecular weight excluding hydrogens is 366 g/mol. The van der Waals surface area contributed by atoms with Crippen LogP contribution in [0.2, 0.25) is 0 Å². The lowest BCUT2D eigenvalue weighted by atomic mass is 10.0. The van der Waals surface area contributed by atoms with Crippen molar-refractivity contribution in [2.75, 3.05) is 19.6 Å². The summed E-state index contributed by atoms with van der Waals surface area (Å²) in [6.07, 6.45) is 8.64. The average Bonchev–Trinajstić information content (AvgIpc) is 3.23. The third-order valence-electron chi connectivity index (χ3n) is 5.94. The van der Waals surface area contributed by atoms with Gasteiger partial charge in [0.25, 0.3) is 5.56 Å². The summed E-state index contributed by atoms with van der Waals surface area (Å²) in [7, 11) is 0. The number of nitrogens with one attached hydrogen (secondary N) is 1. The van der Waals surface area contributed by atoms with Crippen molar-refractivity contribution in [2.24, 2.45) is 0 Å². The fourth-order valence-corrected chi connectivity index (χ4v) is 4.29. The number of nitrogens with zero attached hydrogens (tertiary/aromatic N) is 4. The molecule has 154 valence electrons. The van der Waals surface area contributed by atoms with E-state index in [-0.39, 0.29) is 17.9 Å². The lowest BCUT2D eigenvalue weighted by Crippen LogP contribution is -2.39. The molecule has 1 aliphatic rings. The second-order valence-corrected chi connectivity index (χ2v) is 7.90.